The summed E-state index contributed by atoms with van der Waals surface area (Å²) in [5.74, 6) is 0. The van der Waals surface area contributed by atoms with Crippen LogP contribution in [0.2, 0.25) is 0 Å². The van der Waals surface area contributed by atoms with Gasteiger partial charge in [-0.15, -0.1) is 11.3 Å². The van der Waals surface area contributed by atoms with Crippen molar-refractivity contribution in [2.24, 2.45) is 11.1 Å². The van der Waals surface area contributed by atoms with E-state index in [-0.39, 0.29) is 0 Å². The molecule has 3 nitrogen and oxygen atoms in total. The molecule has 3 rings (SSSR count). The predicted molar refractivity (Wildman–Crippen MR) is 77.0 cm³/mol. The first-order valence-corrected chi connectivity index (χ1v) is 8.03. The minimum atomic E-state index is 0.620. The van der Waals surface area contributed by atoms with Gasteiger partial charge in [-0.1, -0.05) is 19.3 Å². The van der Waals surface area contributed by atoms with Gasteiger partial charge in [-0.2, -0.15) is 0 Å². The van der Waals surface area contributed by atoms with Gasteiger partial charge in [0.05, 0.1) is 0 Å². The van der Waals surface area contributed by atoms with Crippen LogP contribution in [0.3, 0.4) is 0 Å². The van der Waals surface area contributed by atoms with E-state index in [1.165, 1.54) is 68.0 Å². The van der Waals surface area contributed by atoms with Crippen LogP contribution in [-0.2, 0) is 6.54 Å². The Labute approximate surface area is 113 Å². The molecule has 1 aliphatic carbocycles. The fraction of sp³-hybridized carbons (Fsp3) is 0.786. The second-order valence-electron chi connectivity index (χ2n) is 5.86. The highest BCUT2D eigenvalue weighted by atomic mass is 32.1. The highest BCUT2D eigenvalue weighted by Gasteiger charge is 2.35. The molecule has 1 saturated carbocycles. The van der Waals surface area contributed by atoms with Crippen molar-refractivity contribution in [2.75, 3.05) is 18.0 Å². The second-order valence-corrected chi connectivity index (χ2v) is 6.95. The fourth-order valence-corrected chi connectivity index (χ4v) is 4.35. The van der Waals surface area contributed by atoms with Crippen molar-refractivity contribution in [1.82, 2.24) is 4.98 Å². The number of hydrogen-bond acceptors (Lipinski definition) is 4. The summed E-state index contributed by atoms with van der Waals surface area (Å²) in [6.07, 6.45) is 12.0. The van der Waals surface area contributed by atoms with Crippen LogP contribution in [0.1, 0.15) is 49.8 Å². The Morgan fingerprint density at radius 2 is 1.89 bits per heavy atom. The number of piperidine rings is 1. The van der Waals surface area contributed by atoms with Gasteiger partial charge in [0.15, 0.2) is 5.13 Å². The number of thiazole rings is 1. The summed E-state index contributed by atoms with van der Waals surface area (Å²) in [6, 6.07) is 0. The first-order chi connectivity index (χ1) is 8.81. The summed E-state index contributed by atoms with van der Waals surface area (Å²) in [7, 11) is 0. The lowest BCUT2D eigenvalue weighted by Gasteiger charge is -2.44. The Kier molecular flexibility index (Phi) is 3.57. The van der Waals surface area contributed by atoms with Crippen molar-refractivity contribution < 1.29 is 0 Å². The summed E-state index contributed by atoms with van der Waals surface area (Å²) >= 11 is 1.76. The average molecular weight is 265 g/mol. The number of hydrogen-bond donors (Lipinski definition) is 1. The van der Waals surface area contributed by atoms with Gasteiger partial charge in [0, 0.05) is 30.7 Å². The zero-order chi connectivity index (χ0) is 12.4. The standard InChI is InChI=1S/C14H23N3S/c15-10-12-11-16-13(18-12)17-8-6-14(7-9-17)4-2-1-3-5-14/h11H,1-10,15H2. The van der Waals surface area contributed by atoms with Crippen LogP contribution < -0.4 is 10.6 Å². The molecule has 1 aromatic heterocycles. The monoisotopic (exact) mass is 265 g/mol. The van der Waals surface area contributed by atoms with Gasteiger partial charge in [-0.25, -0.2) is 4.98 Å². The van der Waals surface area contributed by atoms with Crippen LogP contribution in [0.5, 0.6) is 0 Å². The summed E-state index contributed by atoms with van der Waals surface area (Å²) in [6.45, 7) is 3.00. The van der Waals surface area contributed by atoms with E-state index in [0.717, 1.165) is 0 Å². The molecule has 0 aromatic carbocycles. The van der Waals surface area contributed by atoms with Gasteiger partial charge in [0.2, 0.25) is 0 Å². The molecule has 1 spiro atoms. The highest BCUT2D eigenvalue weighted by Crippen LogP contribution is 2.45. The summed E-state index contributed by atoms with van der Waals surface area (Å²) in [4.78, 5) is 8.17. The third kappa shape index (κ3) is 2.41. The first-order valence-electron chi connectivity index (χ1n) is 7.21. The van der Waals surface area contributed by atoms with E-state index in [0.29, 0.717) is 12.0 Å². The van der Waals surface area contributed by atoms with Gasteiger partial charge in [-0.3, -0.25) is 0 Å². The van der Waals surface area contributed by atoms with E-state index < -0.39 is 0 Å². The molecule has 2 aliphatic rings. The third-order valence-electron chi connectivity index (χ3n) is 4.75. The molecule has 0 atom stereocenters. The molecule has 0 amide bonds. The van der Waals surface area contributed by atoms with Gasteiger partial charge < -0.3 is 10.6 Å². The topological polar surface area (TPSA) is 42.1 Å². The quantitative estimate of drug-likeness (QED) is 0.893. The Balaban J connectivity index is 1.62. The Hall–Kier alpha value is -0.610. The SMILES string of the molecule is NCc1cnc(N2CCC3(CCCCC3)CC2)s1. The van der Waals surface area contributed by atoms with E-state index in [9.17, 15) is 0 Å². The highest BCUT2D eigenvalue weighted by molar-refractivity contribution is 7.15. The Morgan fingerprint density at radius 1 is 1.17 bits per heavy atom. The van der Waals surface area contributed by atoms with Gasteiger partial charge in [0.25, 0.3) is 0 Å². The molecule has 1 aromatic rings. The largest absolute Gasteiger partial charge is 0.348 e. The molecule has 18 heavy (non-hydrogen) atoms. The van der Waals surface area contributed by atoms with E-state index in [4.69, 9.17) is 5.73 Å². The molecule has 4 heteroatoms. The predicted octanol–water partition coefficient (Wildman–Crippen LogP) is 3.15. The maximum Gasteiger partial charge on any atom is 0.185 e. The minimum Gasteiger partial charge on any atom is -0.348 e. The zero-order valence-electron chi connectivity index (χ0n) is 11.0. The molecule has 1 aliphatic heterocycles. The molecule has 0 radical (unpaired) electrons. The molecule has 0 bridgehead atoms. The fourth-order valence-electron chi connectivity index (χ4n) is 3.51. The van der Waals surface area contributed by atoms with Crippen LogP contribution in [0, 0.1) is 5.41 Å². The van der Waals surface area contributed by atoms with Crippen LogP contribution in [0.4, 0.5) is 5.13 Å². The van der Waals surface area contributed by atoms with Crippen molar-refractivity contribution in [3.05, 3.63) is 11.1 Å². The van der Waals surface area contributed by atoms with Crippen molar-refractivity contribution >= 4 is 16.5 Å². The van der Waals surface area contributed by atoms with Crippen LogP contribution >= 0.6 is 11.3 Å². The van der Waals surface area contributed by atoms with Crippen molar-refractivity contribution in [3.8, 4) is 0 Å². The first kappa shape index (κ1) is 12.4. The lowest BCUT2D eigenvalue weighted by molar-refractivity contribution is 0.144. The number of nitrogens with zero attached hydrogens (tertiary/aromatic N) is 2. The molecular weight excluding hydrogens is 242 g/mol. The van der Waals surface area contributed by atoms with Crippen LogP contribution in [-0.4, -0.2) is 18.1 Å². The van der Waals surface area contributed by atoms with Crippen molar-refractivity contribution in [2.45, 2.75) is 51.5 Å². The molecule has 2 fully saturated rings. The molecule has 2 heterocycles. The van der Waals surface area contributed by atoms with E-state index in [2.05, 4.69) is 9.88 Å². The van der Waals surface area contributed by atoms with E-state index >= 15 is 0 Å². The number of nitrogens with two attached hydrogens (primary N) is 1. The van der Waals surface area contributed by atoms with E-state index in [1.807, 2.05) is 6.20 Å². The van der Waals surface area contributed by atoms with Gasteiger partial charge in [-0.05, 0) is 31.1 Å². The summed E-state index contributed by atoms with van der Waals surface area (Å²) < 4.78 is 0. The van der Waals surface area contributed by atoms with Crippen LogP contribution in [0.25, 0.3) is 0 Å². The summed E-state index contributed by atoms with van der Waals surface area (Å²) in [5, 5.41) is 1.18. The van der Waals surface area contributed by atoms with E-state index in [1.54, 1.807) is 11.3 Å². The van der Waals surface area contributed by atoms with Gasteiger partial charge in [0.1, 0.15) is 0 Å². The lowest BCUT2D eigenvalue weighted by Crippen LogP contribution is -2.41. The Bertz CT molecular complexity index is 385. The van der Waals surface area contributed by atoms with Gasteiger partial charge >= 0.3 is 0 Å². The maximum atomic E-state index is 5.66. The smallest absolute Gasteiger partial charge is 0.185 e. The third-order valence-corrected chi connectivity index (χ3v) is 5.83. The molecular formula is C14H23N3S. The second kappa shape index (κ2) is 5.17. The molecule has 100 valence electrons. The minimum absolute atomic E-state index is 0.620. The molecule has 0 unspecified atom stereocenters. The number of rotatable bonds is 2. The zero-order valence-corrected chi connectivity index (χ0v) is 11.8. The van der Waals surface area contributed by atoms with Crippen LogP contribution in [0.15, 0.2) is 6.20 Å². The molecule has 2 N–H and O–H groups in total. The van der Waals surface area contributed by atoms with Crippen molar-refractivity contribution in [3.63, 3.8) is 0 Å². The number of anilines is 1. The Morgan fingerprint density at radius 3 is 2.50 bits per heavy atom. The average Bonchev–Trinajstić information content (AvgIpc) is 2.89. The lowest BCUT2D eigenvalue weighted by atomic mass is 9.68. The summed E-state index contributed by atoms with van der Waals surface area (Å²) in [5.41, 5.74) is 6.34. The maximum absolute atomic E-state index is 5.66. The molecule has 1 saturated heterocycles. The normalized spacial score (nSPS) is 23.5. The number of aromatic nitrogens is 1. The van der Waals surface area contributed by atoms with Crippen molar-refractivity contribution in [1.29, 1.82) is 0 Å².